The fourth-order valence-corrected chi connectivity index (χ4v) is 2.47. The van der Waals surface area contributed by atoms with Gasteiger partial charge >= 0.3 is 0 Å². The molecule has 2 rings (SSSR count). The van der Waals surface area contributed by atoms with Crippen molar-refractivity contribution < 1.29 is 18.7 Å². The molecule has 1 aliphatic heterocycles. The Morgan fingerprint density at radius 3 is 2.85 bits per heavy atom. The monoisotopic (exact) mass is 282 g/mol. The average Bonchev–Trinajstić information content (AvgIpc) is 2.81. The zero-order valence-corrected chi connectivity index (χ0v) is 11.9. The van der Waals surface area contributed by atoms with E-state index in [0.29, 0.717) is 12.2 Å². The smallest absolute Gasteiger partial charge is 0.238 e. The minimum atomic E-state index is -0.439. The van der Waals surface area contributed by atoms with Crippen molar-refractivity contribution in [1.82, 2.24) is 10.2 Å². The Kier molecular flexibility index (Phi) is 4.57. The van der Waals surface area contributed by atoms with Gasteiger partial charge in [-0.2, -0.15) is 0 Å². The molecule has 2 atom stereocenters. The molecule has 0 aromatic heterocycles. The Morgan fingerprint density at radius 1 is 1.50 bits per heavy atom. The van der Waals surface area contributed by atoms with Crippen LogP contribution in [0.5, 0.6) is 5.75 Å². The summed E-state index contributed by atoms with van der Waals surface area (Å²) in [5.41, 5.74) is 0.692. The first-order valence-electron chi connectivity index (χ1n) is 6.45. The molecule has 1 aromatic rings. The third kappa shape index (κ3) is 2.76. The van der Waals surface area contributed by atoms with Gasteiger partial charge in [-0.1, -0.05) is 6.07 Å². The first-order valence-corrected chi connectivity index (χ1v) is 6.45. The minimum Gasteiger partial charge on any atom is -0.494 e. The Bertz CT molecular complexity index is 495. The van der Waals surface area contributed by atoms with Crippen LogP contribution in [0.15, 0.2) is 18.2 Å². The van der Waals surface area contributed by atoms with E-state index in [-0.39, 0.29) is 30.4 Å². The molecule has 5 nitrogen and oxygen atoms in total. The molecule has 0 aliphatic carbocycles. The lowest BCUT2D eigenvalue weighted by atomic mass is 10.1. The van der Waals surface area contributed by atoms with E-state index in [1.807, 2.05) is 6.92 Å². The molecular weight excluding hydrogens is 263 g/mol. The molecule has 0 bridgehead atoms. The van der Waals surface area contributed by atoms with Crippen molar-refractivity contribution >= 4 is 5.91 Å². The van der Waals surface area contributed by atoms with E-state index in [9.17, 15) is 9.18 Å². The lowest BCUT2D eigenvalue weighted by molar-refractivity contribution is -0.131. The molecule has 6 heteroatoms. The molecule has 0 radical (unpaired) electrons. The van der Waals surface area contributed by atoms with E-state index in [4.69, 9.17) is 9.47 Å². The zero-order chi connectivity index (χ0) is 14.7. The van der Waals surface area contributed by atoms with E-state index < -0.39 is 5.82 Å². The van der Waals surface area contributed by atoms with Crippen LogP contribution < -0.4 is 10.1 Å². The van der Waals surface area contributed by atoms with Crippen LogP contribution in [-0.4, -0.2) is 44.2 Å². The molecule has 20 heavy (non-hydrogen) atoms. The predicted molar refractivity (Wildman–Crippen MR) is 71.9 cm³/mol. The second kappa shape index (κ2) is 6.19. The maximum atomic E-state index is 13.8. The molecule has 110 valence electrons. The van der Waals surface area contributed by atoms with Crippen molar-refractivity contribution in [3.63, 3.8) is 0 Å². The van der Waals surface area contributed by atoms with E-state index in [1.165, 1.54) is 13.2 Å². The number of nitrogens with one attached hydrogen (secondary N) is 1. The lowest BCUT2D eigenvalue weighted by Gasteiger charge is -2.30. The molecule has 1 fully saturated rings. The standard InChI is InChI=1S/C14H19FN2O3/c1-9(8-19-2)17-13(18)7-16-14(17)10-4-5-12(20-3)11(15)6-10/h4-6,9,14,16H,7-8H2,1-3H3. The Morgan fingerprint density at radius 2 is 2.25 bits per heavy atom. The highest BCUT2D eigenvalue weighted by Gasteiger charge is 2.35. The normalized spacial score (nSPS) is 20.3. The number of ether oxygens (including phenoxy) is 2. The Hall–Kier alpha value is -1.66. The van der Waals surface area contributed by atoms with Crippen LogP contribution in [0, 0.1) is 5.82 Å². The topological polar surface area (TPSA) is 50.8 Å². The molecule has 1 amide bonds. The molecule has 1 aromatic carbocycles. The van der Waals surface area contributed by atoms with Gasteiger partial charge in [-0.25, -0.2) is 4.39 Å². The maximum absolute atomic E-state index is 13.8. The van der Waals surface area contributed by atoms with Gasteiger partial charge in [0.25, 0.3) is 0 Å². The Labute approximate surface area is 117 Å². The van der Waals surface area contributed by atoms with Crippen LogP contribution in [0.3, 0.4) is 0 Å². The third-order valence-electron chi connectivity index (χ3n) is 3.39. The summed E-state index contributed by atoms with van der Waals surface area (Å²) in [7, 11) is 3.01. The number of amides is 1. The van der Waals surface area contributed by atoms with Gasteiger partial charge in [0.2, 0.25) is 5.91 Å². The SMILES string of the molecule is COCC(C)N1C(=O)CNC1c1ccc(OC)c(F)c1. The summed E-state index contributed by atoms with van der Waals surface area (Å²) in [5, 5.41) is 3.09. The number of hydrogen-bond acceptors (Lipinski definition) is 4. The van der Waals surface area contributed by atoms with Crippen molar-refractivity contribution in [3.8, 4) is 5.75 Å². The van der Waals surface area contributed by atoms with Gasteiger partial charge in [0.05, 0.1) is 26.3 Å². The number of hydrogen-bond donors (Lipinski definition) is 1. The third-order valence-corrected chi connectivity index (χ3v) is 3.39. The quantitative estimate of drug-likeness (QED) is 0.884. The first kappa shape index (κ1) is 14.7. The van der Waals surface area contributed by atoms with Crippen LogP contribution in [0.25, 0.3) is 0 Å². The number of halogens is 1. The van der Waals surface area contributed by atoms with Crippen LogP contribution >= 0.6 is 0 Å². The van der Waals surface area contributed by atoms with E-state index in [2.05, 4.69) is 5.32 Å². The van der Waals surface area contributed by atoms with Gasteiger partial charge in [-0.05, 0) is 24.6 Å². The van der Waals surface area contributed by atoms with Gasteiger partial charge < -0.3 is 14.4 Å². The highest BCUT2D eigenvalue weighted by molar-refractivity contribution is 5.81. The van der Waals surface area contributed by atoms with Crippen LogP contribution in [0.1, 0.15) is 18.7 Å². The molecule has 2 unspecified atom stereocenters. The number of carbonyl (C=O) groups is 1. The summed E-state index contributed by atoms with van der Waals surface area (Å²) in [6.45, 7) is 2.58. The van der Waals surface area contributed by atoms with Gasteiger partial charge in [0.1, 0.15) is 6.17 Å². The summed E-state index contributed by atoms with van der Waals surface area (Å²) in [5.74, 6) is -0.268. The van der Waals surface area contributed by atoms with Crippen molar-refractivity contribution in [2.24, 2.45) is 0 Å². The highest BCUT2D eigenvalue weighted by Crippen LogP contribution is 2.28. The zero-order valence-electron chi connectivity index (χ0n) is 11.9. The van der Waals surface area contributed by atoms with Crippen LogP contribution in [0.2, 0.25) is 0 Å². The number of benzene rings is 1. The minimum absolute atomic E-state index is 0.0178. The fourth-order valence-electron chi connectivity index (χ4n) is 2.47. The van der Waals surface area contributed by atoms with Crippen molar-refractivity contribution in [2.45, 2.75) is 19.1 Å². The van der Waals surface area contributed by atoms with E-state index >= 15 is 0 Å². The molecule has 1 saturated heterocycles. The second-order valence-electron chi connectivity index (χ2n) is 4.78. The number of methoxy groups -OCH3 is 2. The van der Waals surface area contributed by atoms with Gasteiger partial charge in [0, 0.05) is 7.11 Å². The Balaban J connectivity index is 2.26. The van der Waals surface area contributed by atoms with Crippen LogP contribution in [-0.2, 0) is 9.53 Å². The molecule has 1 aliphatic rings. The van der Waals surface area contributed by atoms with Gasteiger partial charge in [0.15, 0.2) is 11.6 Å². The van der Waals surface area contributed by atoms with E-state index in [0.717, 1.165) is 0 Å². The summed E-state index contributed by atoms with van der Waals surface area (Å²) in [6, 6.07) is 4.62. The molecule has 0 spiro atoms. The summed E-state index contributed by atoms with van der Waals surface area (Å²) in [4.78, 5) is 13.7. The van der Waals surface area contributed by atoms with Crippen molar-refractivity contribution in [1.29, 1.82) is 0 Å². The van der Waals surface area contributed by atoms with Crippen LogP contribution in [0.4, 0.5) is 4.39 Å². The fraction of sp³-hybridized carbons (Fsp3) is 0.500. The molecule has 0 saturated carbocycles. The summed E-state index contributed by atoms with van der Waals surface area (Å²) >= 11 is 0. The molecule has 1 N–H and O–H groups in total. The molecular formula is C14H19FN2O3. The number of rotatable bonds is 5. The van der Waals surface area contributed by atoms with Crippen molar-refractivity contribution in [2.75, 3.05) is 27.4 Å². The highest BCUT2D eigenvalue weighted by atomic mass is 19.1. The summed E-state index contributed by atoms with van der Waals surface area (Å²) in [6.07, 6.45) is -0.340. The number of nitrogens with zero attached hydrogens (tertiary/aromatic N) is 1. The van der Waals surface area contributed by atoms with Gasteiger partial charge in [-0.15, -0.1) is 0 Å². The average molecular weight is 282 g/mol. The predicted octanol–water partition coefficient (Wildman–Crippen LogP) is 1.30. The van der Waals surface area contributed by atoms with Gasteiger partial charge in [-0.3, -0.25) is 10.1 Å². The lowest BCUT2D eigenvalue weighted by Crippen LogP contribution is -2.40. The largest absolute Gasteiger partial charge is 0.494 e. The molecule has 1 heterocycles. The second-order valence-corrected chi connectivity index (χ2v) is 4.78. The number of carbonyl (C=O) groups excluding carboxylic acids is 1. The maximum Gasteiger partial charge on any atom is 0.238 e. The summed E-state index contributed by atoms with van der Waals surface area (Å²) < 4.78 is 23.8. The van der Waals surface area contributed by atoms with E-state index in [1.54, 1.807) is 24.1 Å². The first-order chi connectivity index (χ1) is 9.58. The van der Waals surface area contributed by atoms with Crippen molar-refractivity contribution in [3.05, 3.63) is 29.6 Å².